The van der Waals surface area contributed by atoms with Crippen molar-refractivity contribution in [3.05, 3.63) is 0 Å². The number of rotatable bonds is 1. The predicted molar refractivity (Wildman–Crippen MR) is 54.9 cm³/mol. The van der Waals surface area contributed by atoms with Gasteiger partial charge in [0.1, 0.15) is 0 Å². The molecule has 0 aliphatic carbocycles. The summed E-state index contributed by atoms with van der Waals surface area (Å²) in [5.41, 5.74) is 6.10. The van der Waals surface area contributed by atoms with Crippen LogP contribution < -0.4 is 5.73 Å². The van der Waals surface area contributed by atoms with Crippen LogP contribution in [-0.4, -0.2) is 46.3 Å². The van der Waals surface area contributed by atoms with Crippen LogP contribution in [0.1, 0.15) is 6.92 Å². The average molecular weight is 202 g/mol. The second kappa shape index (κ2) is 3.67. The maximum Gasteiger partial charge on any atom is 0.0290 e. The van der Waals surface area contributed by atoms with Crippen molar-refractivity contribution in [3.8, 4) is 0 Å². The van der Waals surface area contributed by atoms with Gasteiger partial charge < -0.3 is 10.6 Å². The van der Waals surface area contributed by atoms with Gasteiger partial charge in [-0.25, -0.2) is 0 Å². The van der Waals surface area contributed by atoms with Gasteiger partial charge in [-0.1, -0.05) is 6.92 Å². The van der Waals surface area contributed by atoms with Crippen LogP contribution in [0.3, 0.4) is 0 Å². The van der Waals surface area contributed by atoms with E-state index < -0.39 is 10.8 Å². The monoisotopic (exact) mass is 202 g/mol. The minimum absolute atomic E-state index is 0.306. The molecule has 2 fully saturated rings. The molecule has 0 aromatic carbocycles. The molecule has 3 nitrogen and oxygen atoms in total. The number of nitrogens with two attached hydrogens (primary N) is 1. The Morgan fingerprint density at radius 3 is 2.38 bits per heavy atom. The van der Waals surface area contributed by atoms with Crippen molar-refractivity contribution in [2.75, 3.05) is 31.1 Å². The molecule has 2 N–H and O–H groups in total. The lowest BCUT2D eigenvalue weighted by Gasteiger charge is -2.45. The van der Waals surface area contributed by atoms with Crippen molar-refractivity contribution in [1.82, 2.24) is 4.90 Å². The van der Waals surface area contributed by atoms with Crippen LogP contribution in [0.25, 0.3) is 0 Å². The Bertz CT molecular complexity index is 204. The quantitative estimate of drug-likeness (QED) is 0.632. The van der Waals surface area contributed by atoms with Gasteiger partial charge in [-0.3, -0.25) is 4.21 Å². The molecule has 2 heterocycles. The Hall–Kier alpha value is 0.0700. The highest BCUT2D eigenvalue weighted by Gasteiger charge is 2.39. The summed E-state index contributed by atoms with van der Waals surface area (Å²) in [5.74, 6) is 2.61. The molecule has 2 rings (SSSR count). The van der Waals surface area contributed by atoms with Crippen molar-refractivity contribution < 1.29 is 4.21 Å². The van der Waals surface area contributed by atoms with Gasteiger partial charge in [-0.15, -0.1) is 0 Å². The van der Waals surface area contributed by atoms with Crippen molar-refractivity contribution >= 4 is 10.8 Å². The highest BCUT2D eigenvalue weighted by Crippen LogP contribution is 2.27. The van der Waals surface area contributed by atoms with E-state index in [1.54, 1.807) is 0 Å². The van der Waals surface area contributed by atoms with Gasteiger partial charge in [-0.2, -0.15) is 0 Å². The summed E-state index contributed by atoms with van der Waals surface area (Å²) in [4.78, 5) is 2.44. The minimum Gasteiger partial charge on any atom is -0.327 e. The Labute approximate surface area is 82.1 Å². The summed E-state index contributed by atoms with van der Waals surface area (Å²) >= 11 is 0. The molecule has 0 radical (unpaired) electrons. The molecule has 0 aromatic rings. The molecular weight excluding hydrogens is 184 g/mol. The fraction of sp³-hybridized carbons (Fsp3) is 1.00. The Balaban J connectivity index is 2.08. The summed E-state index contributed by atoms with van der Waals surface area (Å²) in [5, 5.41) is 0. The van der Waals surface area contributed by atoms with Gasteiger partial charge in [0.2, 0.25) is 0 Å². The van der Waals surface area contributed by atoms with Crippen LogP contribution >= 0.6 is 0 Å². The van der Waals surface area contributed by atoms with Gasteiger partial charge in [0, 0.05) is 41.4 Å². The molecule has 0 amide bonds. The second-order valence-electron chi connectivity index (χ2n) is 4.22. The lowest BCUT2D eigenvalue weighted by atomic mass is 9.86. The molecule has 0 aromatic heterocycles. The Morgan fingerprint density at radius 1 is 1.38 bits per heavy atom. The van der Waals surface area contributed by atoms with E-state index in [9.17, 15) is 4.21 Å². The standard InChI is InChI=1S/C9H18N2OS/c1-2-11-3-7-5-13(12)6-8(4-11)9(7)10/h7-9H,2-6,10H2,1H3. The zero-order chi connectivity index (χ0) is 9.42. The van der Waals surface area contributed by atoms with Gasteiger partial charge in [-0.05, 0) is 18.4 Å². The summed E-state index contributed by atoms with van der Waals surface area (Å²) in [6.07, 6.45) is 0. The molecule has 4 heteroatoms. The number of nitrogens with zero attached hydrogens (tertiary/aromatic N) is 1. The Morgan fingerprint density at radius 2 is 1.92 bits per heavy atom. The van der Waals surface area contributed by atoms with E-state index in [0.717, 1.165) is 31.1 Å². The van der Waals surface area contributed by atoms with Gasteiger partial charge in [0.25, 0.3) is 0 Å². The van der Waals surface area contributed by atoms with Crippen LogP contribution in [-0.2, 0) is 10.8 Å². The summed E-state index contributed by atoms with van der Waals surface area (Å²) in [6, 6.07) is 0.306. The molecular formula is C9H18N2OS. The van der Waals surface area contributed by atoms with Crippen molar-refractivity contribution in [3.63, 3.8) is 0 Å². The van der Waals surface area contributed by atoms with Crippen LogP contribution in [0.2, 0.25) is 0 Å². The van der Waals surface area contributed by atoms with E-state index in [0.29, 0.717) is 17.9 Å². The molecule has 2 aliphatic rings. The summed E-state index contributed by atoms with van der Waals surface area (Å²) in [7, 11) is -0.593. The van der Waals surface area contributed by atoms with Crippen LogP contribution in [0.5, 0.6) is 0 Å². The van der Waals surface area contributed by atoms with Gasteiger partial charge in [0.05, 0.1) is 0 Å². The third kappa shape index (κ3) is 1.80. The number of piperidine rings is 1. The smallest absolute Gasteiger partial charge is 0.0290 e. The highest BCUT2D eigenvalue weighted by atomic mass is 32.2. The third-order valence-electron chi connectivity index (χ3n) is 3.32. The fourth-order valence-corrected chi connectivity index (χ4v) is 4.24. The van der Waals surface area contributed by atoms with E-state index in [1.165, 1.54) is 0 Å². The number of hydrogen-bond donors (Lipinski definition) is 1. The SMILES string of the molecule is CCN1CC2CS(=O)CC(C1)C2N. The zero-order valence-corrected chi connectivity index (χ0v) is 8.93. The first kappa shape index (κ1) is 9.62. The summed E-state index contributed by atoms with van der Waals surface area (Å²) in [6.45, 7) is 5.40. The number of fused-ring (bicyclic) bond motifs is 2. The van der Waals surface area contributed by atoms with Crippen molar-refractivity contribution in [1.29, 1.82) is 0 Å². The van der Waals surface area contributed by atoms with Crippen LogP contribution in [0.15, 0.2) is 0 Å². The molecule has 2 bridgehead atoms. The minimum atomic E-state index is -0.593. The zero-order valence-electron chi connectivity index (χ0n) is 8.11. The largest absolute Gasteiger partial charge is 0.327 e. The van der Waals surface area contributed by atoms with Crippen molar-refractivity contribution in [2.45, 2.75) is 13.0 Å². The average Bonchev–Trinajstić information content (AvgIpc) is 2.07. The molecule has 2 atom stereocenters. The highest BCUT2D eigenvalue weighted by molar-refractivity contribution is 7.85. The van der Waals surface area contributed by atoms with Gasteiger partial charge in [0.15, 0.2) is 0 Å². The van der Waals surface area contributed by atoms with Crippen LogP contribution in [0, 0.1) is 11.8 Å². The maximum atomic E-state index is 11.5. The molecule has 76 valence electrons. The molecule has 0 saturated carbocycles. The fourth-order valence-electron chi connectivity index (χ4n) is 2.50. The Kier molecular flexibility index (Phi) is 2.72. The van der Waals surface area contributed by atoms with E-state index >= 15 is 0 Å². The lowest BCUT2D eigenvalue weighted by Crippen LogP contribution is -2.59. The number of likely N-dealkylation sites (tertiary alicyclic amines) is 1. The normalized spacial score (nSPS) is 46.3. The van der Waals surface area contributed by atoms with Crippen molar-refractivity contribution in [2.24, 2.45) is 17.6 Å². The first-order valence-corrected chi connectivity index (χ1v) is 6.52. The molecule has 13 heavy (non-hydrogen) atoms. The van der Waals surface area contributed by atoms with E-state index in [2.05, 4.69) is 11.8 Å². The topological polar surface area (TPSA) is 46.3 Å². The second-order valence-corrected chi connectivity index (χ2v) is 5.77. The summed E-state index contributed by atoms with van der Waals surface area (Å²) < 4.78 is 11.5. The van der Waals surface area contributed by atoms with E-state index in [-0.39, 0.29) is 0 Å². The predicted octanol–water partition coefficient (Wildman–Crippen LogP) is -0.356. The lowest BCUT2D eigenvalue weighted by molar-refractivity contribution is 0.122. The maximum absolute atomic E-state index is 11.5. The first-order chi connectivity index (χ1) is 6.20. The third-order valence-corrected chi connectivity index (χ3v) is 4.92. The molecule has 2 aliphatic heterocycles. The number of hydrogen-bond acceptors (Lipinski definition) is 3. The molecule has 2 unspecified atom stereocenters. The van der Waals surface area contributed by atoms with E-state index in [1.807, 2.05) is 0 Å². The molecule has 0 spiro atoms. The van der Waals surface area contributed by atoms with Crippen LogP contribution in [0.4, 0.5) is 0 Å². The van der Waals surface area contributed by atoms with Gasteiger partial charge >= 0.3 is 0 Å². The van der Waals surface area contributed by atoms with E-state index in [4.69, 9.17) is 5.73 Å². The molecule has 2 saturated heterocycles. The first-order valence-electron chi connectivity index (χ1n) is 5.03.